The molecule has 1 aromatic heterocycles. The Kier molecular flexibility index (Phi) is 4.89. The quantitative estimate of drug-likeness (QED) is 0.472. The number of halogens is 1. The highest BCUT2D eigenvalue weighted by Crippen LogP contribution is 2.19. The van der Waals surface area contributed by atoms with Crippen molar-refractivity contribution >= 4 is 11.8 Å². The molecule has 1 aromatic carbocycles. The largest absolute Gasteiger partial charge is 0.271 e. The van der Waals surface area contributed by atoms with Crippen LogP contribution >= 0.6 is 11.8 Å². The number of hydrazine groups is 1. The van der Waals surface area contributed by atoms with E-state index in [1.165, 1.54) is 12.1 Å². The van der Waals surface area contributed by atoms with Gasteiger partial charge in [0, 0.05) is 36.4 Å². The summed E-state index contributed by atoms with van der Waals surface area (Å²) >= 11 is 1.62. The normalized spacial score (nSPS) is 12.6. The van der Waals surface area contributed by atoms with E-state index < -0.39 is 0 Å². The van der Waals surface area contributed by atoms with Crippen molar-refractivity contribution < 1.29 is 4.39 Å². The first-order chi connectivity index (χ1) is 9.17. The first-order valence-electron chi connectivity index (χ1n) is 5.87. The van der Waals surface area contributed by atoms with Crippen molar-refractivity contribution in [3.63, 3.8) is 0 Å². The molecule has 0 radical (unpaired) electrons. The van der Waals surface area contributed by atoms with E-state index in [1.54, 1.807) is 28.6 Å². The maximum Gasteiger partial charge on any atom is 0.123 e. The first kappa shape index (κ1) is 14.0. The minimum Gasteiger partial charge on any atom is -0.271 e. The molecule has 102 valence electrons. The molecule has 0 aliphatic heterocycles. The van der Waals surface area contributed by atoms with Crippen molar-refractivity contribution in [2.45, 2.75) is 17.4 Å². The summed E-state index contributed by atoms with van der Waals surface area (Å²) in [7, 11) is 1.83. The molecule has 0 fully saturated rings. The molecule has 1 heterocycles. The molecule has 0 saturated carbocycles. The SMILES string of the molecule is Cn1cc(CC(CSc2ccc(F)cc2)NN)nn1. The maximum absolute atomic E-state index is 12.8. The van der Waals surface area contributed by atoms with Crippen molar-refractivity contribution in [1.82, 2.24) is 20.4 Å². The summed E-state index contributed by atoms with van der Waals surface area (Å²) in [6, 6.07) is 6.52. The Balaban J connectivity index is 1.87. The summed E-state index contributed by atoms with van der Waals surface area (Å²) in [6.07, 6.45) is 2.57. The van der Waals surface area contributed by atoms with Crippen LogP contribution in [0.4, 0.5) is 4.39 Å². The smallest absolute Gasteiger partial charge is 0.123 e. The van der Waals surface area contributed by atoms with Crippen molar-refractivity contribution in [2.75, 3.05) is 5.75 Å². The molecule has 0 amide bonds. The Morgan fingerprint density at radius 3 is 2.74 bits per heavy atom. The lowest BCUT2D eigenvalue weighted by Gasteiger charge is -2.13. The summed E-state index contributed by atoms with van der Waals surface area (Å²) in [4.78, 5) is 1.01. The van der Waals surface area contributed by atoms with Crippen LogP contribution in [0.1, 0.15) is 5.69 Å². The number of hydrogen-bond donors (Lipinski definition) is 2. The van der Waals surface area contributed by atoms with E-state index >= 15 is 0 Å². The molecule has 1 unspecified atom stereocenters. The standard InChI is InChI=1S/C12H16FN5S/c1-18-7-10(16-17-18)6-11(15-14)8-19-12-4-2-9(13)3-5-12/h2-5,7,11,15H,6,8,14H2,1H3. The summed E-state index contributed by atoms with van der Waals surface area (Å²) in [5.74, 6) is 6.09. The lowest BCUT2D eigenvalue weighted by molar-refractivity contribution is 0.568. The number of aryl methyl sites for hydroxylation is 1. The third-order valence-corrected chi connectivity index (χ3v) is 3.78. The fraction of sp³-hybridized carbons (Fsp3) is 0.333. The fourth-order valence-electron chi connectivity index (χ4n) is 1.63. The van der Waals surface area contributed by atoms with Gasteiger partial charge in [-0.2, -0.15) is 0 Å². The molecule has 0 saturated heterocycles. The van der Waals surface area contributed by atoms with Crippen LogP contribution in [0, 0.1) is 5.82 Å². The number of nitrogens with two attached hydrogens (primary N) is 1. The van der Waals surface area contributed by atoms with Crippen LogP contribution in [0.25, 0.3) is 0 Å². The van der Waals surface area contributed by atoms with Crippen LogP contribution in [0.5, 0.6) is 0 Å². The van der Waals surface area contributed by atoms with Gasteiger partial charge < -0.3 is 0 Å². The zero-order chi connectivity index (χ0) is 13.7. The van der Waals surface area contributed by atoms with Gasteiger partial charge in [0.2, 0.25) is 0 Å². The number of rotatable bonds is 6. The zero-order valence-corrected chi connectivity index (χ0v) is 11.4. The number of nitrogens with zero attached hydrogens (tertiary/aromatic N) is 3. The third-order valence-electron chi connectivity index (χ3n) is 2.61. The van der Waals surface area contributed by atoms with E-state index in [1.807, 2.05) is 13.2 Å². The van der Waals surface area contributed by atoms with Gasteiger partial charge in [0.25, 0.3) is 0 Å². The number of nitrogens with one attached hydrogen (secondary N) is 1. The summed E-state index contributed by atoms with van der Waals surface area (Å²) in [5, 5.41) is 7.91. The van der Waals surface area contributed by atoms with Gasteiger partial charge in [-0.05, 0) is 24.3 Å². The van der Waals surface area contributed by atoms with Gasteiger partial charge in [-0.25, -0.2) is 4.39 Å². The van der Waals surface area contributed by atoms with Crippen LogP contribution < -0.4 is 11.3 Å². The summed E-state index contributed by atoms with van der Waals surface area (Å²) < 4.78 is 14.4. The second-order valence-electron chi connectivity index (χ2n) is 4.22. The minimum atomic E-state index is -0.225. The van der Waals surface area contributed by atoms with E-state index in [4.69, 9.17) is 5.84 Å². The van der Waals surface area contributed by atoms with Crippen molar-refractivity contribution in [2.24, 2.45) is 12.9 Å². The lowest BCUT2D eigenvalue weighted by Crippen LogP contribution is -2.38. The zero-order valence-electron chi connectivity index (χ0n) is 10.6. The molecule has 0 aliphatic carbocycles. The van der Waals surface area contributed by atoms with E-state index in [9.17, 15) is 4.39 Å². The highest BCUT2D eigenvalue weighted by Gasteiger charge is 2.11. The molecule has 0 bridgehead atoms. The first-order valence-corrected chi connectivity index (χ1v) is 6.85. The Labute approximate surface area is 115 Å². The van der Waals surface area contributed by atoms with E-state index in [0.29, 0.717) is 6.42 Å². The van der Waals surface area contributed by atoms with Gasteiger partial charge in [-0.1, -0.05) is 5.21 Å². The highest BCUT2D eigenvalue weighted by atomic mass is 32.2. The van der Waals surface area contributed by atoms with Crippen LogP contribution in [-0.2, 0) is 13.5 Å². The van der Waals surface area contributed by atoms with Gasteiger partial charge in [-0.15, -0.1) is 16.9 Å². The fourth-order valence-corrected chi connectivity index (χ4v) is 2.57. The average molecular weight is 281 g/mol. The molecule has 2 rings (SSSR count). The van der Waals surface area contributed by atoms with Crippen LogP contribution in [0.3, 0.4) is 0 Å². The second-order valence-corrected chi connectivity index (χ2v) is 5.31. The number of benzene rings is 1. The Hall–Kier alpha value is -1.44. The lowest BCUT2D eigenvalue weighted by atomic mass is 10.2. The predicted octanol–water partition coefficient (Wildman–Crippen LogP) is 1.12. The van der Waals surface area contributed by atoms with E-state index in [2.05, 4.69) is 15.7 Å². The topological polar surface area (TPSA) is 68.8 Å². The molecule has 3 N–H and O–H groups in total. The molecular weight excluding hydrogens is 265 g/mol. The van der Waals surface area contributed by atoms with Gasteiger partial charge in [0.05, 0.1) is 5.69 Å². The van der Waals surface area contributed by atoms with Gasteiger partial charge >= 0.3 is 0 Å². The van der Waals surface area contributed by atoms with Crippen LogP contribution in [0.2, 0.25) is 0 Å². The maximum atomic E-state index is 12.8. The van der Waals surface area contributed by atoms with Crippen molar-refractivity contribution in [1.29, 1.82) is 0 Å². The van der Waals surface area contributed by atoms with Crippen LogP contribution in [0.15, 0.2) is 35.4 Å². The van der Waals surface area contributed by atoms with Gasteiger partial charge in [0.15, 0.2) is 0 Å². The Morgan fingerprint density at radius 1 is 1.42 bits per heavy atom. The highest BCUT2D eigenvalue weighted by molar-refractivity contribution is 7.99. The van der Waals surface area contributed by atoms with Crippen LogP contribution in [-0.4, -0.2) is 26.8 Å². The molecule has 2 aromatic rings. The molecule has 7 heteroatoms. The monoisotopic (exact) mass is 281 g/mol. The molecule has 0 aliphatic rings. The molecule has 5 nitrogen and oxygen atoms in total. The predicted molar refractivity (Wildman–Crippen MR) is 72.9 cm³/mol. The van der Waals surface area contributed by atoms with E-state index in [-0.39, 0.29) is 11.9 Å². The Morgan fingerprint density at radius 2 is 2.16 bits per heavy atom. The van der Waals surface area contributed by atoms with Crippen molar-refractivity contribution in [3.8, 4) is 0 Å². The third kappa shape index (κ3) is 4.30. The molecular formula is C12H16FN5S. The number of hydrogen-bond acceptors (Lipinski definition) is 5. The van der Waals surface area contributed by atoms with Crippen molar-refractivity contribution in [3.05, 3.63) is 42.0 Å². The average Bonchev–Trinajstić information content (AvgIpc) is 2.82. The minimum absolute atomic E-state index is 0.0896. The molecule has 1 atom stereocenters. The Bertz CT molecular complexity index is 513. The number of aromatic nitrogens is 3. The number of thioether (sulfide) groups is 1. The summed E-state index contributed by atoms with van der Waals surface area (Å²) in [5.41, 5.74) is 3.66. The van der Waals surface area contributed by atoms with Gasteiger partial charge in [0.1, 0.15) is 5.82 Å². The second kappa shape index (κ2) is 6.65. The van der Waals surface area contributed by atoms with Gasteiger partial charge in [-0.3, -0.25) is 16.0 Å². The molecule has 0 spiro atoms. The summed E-state index contributed by atoms with van der Waals surface area (Å²) in [6.45, 7) is 0. The molecule has 19 heavy (non-hydrogen) atoms. The van der Waals surface area contributed by atoms with E-state index in [0.717, 1.165) is 16.3 Å².